The zero-order chi connectivity index (χ0) is 18.5. The molecule has 0 atom stereocenters. The van der Waals surface area contributed by atoms with Crippen LogP contribution in [-0.2, 0) is 12.8 Å². The molecule has 2 aromatic carbocycles. The van der Waals surface area contributed by atoms with Crippen molar-refractivity contribution in [3.05, 3.63) is 70.8 Å². The van der Waals surface area contributed by atoms with Crippen LogP contribution in [0.1, 0.15) is 49.9 Å². The van der Waals surface area contributed by atoms with Crippen LogP contribution in [0.25, 0.3) is 0 Å². The van der Waals surface area contributed by atoms with Crippen LogP contribution in [0.5, 0.6) is 0 Å². The van der Waals surface area contributed by atoms with Crippen LogP contribution in [0.4, 0.5) is 0 Å². The fourth-order valence-corrected chi connectivity index (χ4v) is 5.26. The molecule has 0 N–H and O–H groups in total. The van der Waals surface area contributed by atoms with Gasteiger partial charge < -0.3 is 0 Å². The quantitative estimate of drug-likeness (QED) is 0.692. The summed E-state index contributed by atoms with van der Waals surface area (Å²) in [7, 11) is 0. The van der Waals surface area contributed by atoms with E-state index in [1.165, 1.54) is 0 Å². The first kappa shape index (κ1) is 19.1. The summed E-state index contributed by atoms with van der Waals surface area (Å²) < 4.78 is -0.0317. The molecule has 0 aliphatic heterocycles. The Hall–Kier alpha value is -2.23. The van der Waals surface area contributed by atoms with E-state index in [9.17, 15) is 10.5 Å². The lowest BCUT2D eigenvalue weighted by Crippen LogP contribution is -2.30. The molecule has 2 nitrogen and oxygen atoms in total. The van der Waals surface area contributed by atoms with Crippen molar-refractivity contribution >= 4 is 11.8 Å². The molecule has 0 aliphatic rings. The molecule has 25 heavy (non-hydrogen) atoms. The Balaban J connectivity index is 2.15. The van der Waals surface area contributed by atoms with Crippen LogP contribution in [0.15, 0.2) is 48.5 Å². The molecule has 0 amide bonds. The van der Waals surface area contributed by atoms with Gasteiger partial charge in [-0.15, -0.1) is 11.8 Å². The maximum atomic E-state index is 9.31. The van der Waals surface area contributed by atoms with Gasteiger partial charge in [-0.3, -0.25) is 0 Å². The van der Waals surface area contributed by atoms with Gasteiger partial charge in [0.25, 0.3) is 0 Å². The second-order valence-corrected chi connectivity index (χ2v) is 9.93. The maximum absolute atomic E-state index is 9.31. The Bertz CT molecular complexity index is 753. The van der Waals surface area contributed by atoms with E-state index in [0.717, 1.165) is 35.1 Å². The summed E-state index contributed by atoms with van der Waals surface area (Å²) in [6, 6.07) is 20.2. The van der Waals surface area contributed by atoms with Crippen molar-refractivity contribution in [2.45, 2.75) is 50.0 Å². The van der Waals surface area contributed by atoms with Gasteiger partial charge in [-0.1, -0.05) is 64.1 Å². The first-order chi connectivity index (χ1) is 11.8. The predicted octanol–water partition coefficient (Wildman–Crippen LogP) is 5.51. The minimum absolute atomic E-state index is 0.0158. The van der Waals surface area contributed by atoms with Crippen LogP contribution in [0, 0.1) is 22.7 Å². The van der Waals surface area contributed by atoms with Crippen LogP contribution in [0.2, 0.25) is 0 Å². The van der Waals surface area contributed by atoms with Crippen LogP contribution in [-0.4, -0.2) is 9.49 Å². The SMILES string of the molecule is CC(C)(Cc1ccccc1C#N)SC(C)(C)Cc1ccccc1C#N. The molecule has 0 aromatic heterocycles. The van der Waals surface area contributed by atoms with E-state index in [0.29, 0.717) is 0 Å². The monoisotopic (exact) mass is 348 g/mol. The van der Waals surface area contributed by atoms with Crippen molar-refractivity contribution in [1.29, 1.82) is 10.5 Å². The zero-order valence-electron chi connectivity index (χ0n) is 15.3. The predicted molar refractivity (Wildman–Crippen MR) is 105 cm³/mol. The van der Waals surface area contributed by atoms with E-state index in [1.54, 1.807) is 0 Å². The molecule has 0 radical (unpaired) electrons. The van der Waals surface area contributed by atoms with Gasteiger partial charge in [-0.2, -0.15) is 10.5 Å². The van der Waals surface area contributed by atoms with Crippen LogP contribution in [0.3, 0.4) is 0 Å². The lowest BCUT2D eigenvalue weighted by atomic mass is 9.97. The average molecular weight is 349 g/mol. The lowest BCUT2D eigenvalue weighted by molar-refractivity contribution is 0.651. The van der Waals surface area contributed by atoms with E-state index < -0.39 is 0 Å². The average Bonchev–Trinajstić information content (AvgIpc) is 2.54. The Morgan fingerprint density at radius 3 is 1.44 bits per heavy atom. The van der Waals surface area contributed by atoms with Gasteiger partial charge in [0.05, 0.1) is 23.3 Å². The van der Waals surface area contributed by atoms with Gasteiger partial charge in [0, 0.05) is 9.49 Å². The summed E-state index contributed by atoms with van der Waals surface area (Å²) in [5.41, 5.74) is 3.69. The molecule has 0 aliphatic carbocycles. The highest BCUT2D eigenvalue weighted by molar-refractivity contribution is 8.01. The molecule has 3 heteroatoms. The molecular weight excluding hydrogens is 324 g/mol. The summed E-state index contributed by atoms with van der Waals surface area (Å²) >= 11 is 1.91. The largest absolute Gasteiger partial charge is 0.192 e. The fraction of sp³-hybridized carbons (Fsp3) is 0.364. The van der Waals surface area contributed by atoms with Gasteiger partial charge in [0.15, 0.2) is 0 Å². The molecule has 0 spiro atoms. The van der Waals surface area contributed by atoms with E-state index >= 15 is 0 Å². The van der Waals surface area contributed by atoms with E-state index in [-0.39, 0.29) is 9.49 Å². The number of hydrogen-bond acceptors (Lipinski definition) is 3. The lowest BCUT2D eigenvalue weighted by Gasteiger charge is -2.35. The third kappa shape index (κ3) is 5.38. The Morgan fingerprint density at radius 2 is 1.08 bits per heavy atom. The normalized spacial score (nSPS) is 11.6. The van der Waals surface area contributed by atoms with Crippen molar-refractivity contribution in [2.24, 2.45) is 0 Å². The minimum atomic E-state index is -0.0158. The summed E-state index contributed by atoms with van der Waals surface area (Å²) in [6.45, 7) is 8.90. The molecular formula is C22H24N2S. The Kier molecular flexibility index (Phi) is 5.93. The van der Waals surface area contributed by atoms with Gasteiger partial charge in [0.1, 0.15) is 0 Å². The second kappa shape index (κ2) is 7.77. The van der Waals surface area contributed by atoms with E-state index in [2.05, 4.69) is 39.8 Å². The highest BCUT2D eigenvalue weighted by Crippen LogP contribution is 2.41. The van der Waals surface area contributed by atoms with E-state index in [1.807, 2.05) is 60.3 Å². The Labute approximate surface area is 155 Å². The first-order valence-electron chi connectivity index (χ1n) is 8.42. The number of rotatable bonds is 6. The standard InChI is InChI=1S/C22H24N2S/c1-21(2,13-17-9-5-7-11-19(17)15-23)25-22(3,4)14-18-10-6-8-12-20(18)16-24/h5-12H,13-14H2,1-4H3. The molecule has 0 unspecified atom stereocenters. The van der Waals surface area contributed by atoms with Crippen LogP contribution >= 0.6 is 11.8 Å². The first-order valence-corrected chi connectivity index (χ1v) is 9.24. The van der Waals surface area contributed by atoms with Gasteiger partial charge in [-0.05, 0) is 36.1 Å². The molecule has 0 saturated carbocycles. The minimum Gasteiger partial charge on any atom is -0.192 e. The Morgan fingerprint density at radius 1 is 0.720 bits per heavy atom. The number of benzene rings is 2. The molecule has 0 bridgehead atoms. The molecule has 2 aromatic rings. The van der Waals surface area contributed by atoms with Gasteiger partial charge in [-0.25, -0.2) is 0 Å². The van der Waals surface area contributed by atoms with Crippen LogP contribution < -0.4 is 0 Å². The van der Waals surface area contributed by atoms with Gasteiger partial charge in [0.2, 0.25) is 0 Å². The number of thioether (sulfide) groups is 1. The molecule has 0 saturated heterocycles. The zero-order valence-corrected chi connectivity index (χ0v) is 16.2. The summed E-state index contributed by atoms with van der Waals surface area (Å²) in [5, 5.41) is 18.6. The maximum Gasteiger partial charge on any atom is 0.0994 e. The smallest absolute Gasteiger partial charge is 0.0994 e. The summed E-state index contributed by atoms with van der Waals surface area (Å²) in [6.07, 6.45) is 1.68. The van der Waals surface area contributed by atoms with Crippen molar-refractivity contribution in [3.63, 3.8) is 0 Å². The van der Waals surface area contributed by atoms with Crippen molar-refractivity contribution < 1.29 is 0 Å². The molecule has 2 rings (SSSR count). The van der Waals surface area contributed by atoms with Crippen molar-refractivity contribution in [2.75, 3.05) is 0 Å². The number of nitrogens with zero attached hydrogens (tertiary/aromatic N) is 2. The topological polar surface area (TPSA) is 47.6 Å². The van der Waals surface area contributed by atoms with Gasteiger partial charge >= 0.3 is 0 Å². The third-order valence-corrected chi connectivity index (χ3v) is 5.45. The number of hydrogen-bond donors (Lipinski definition) is 0. The van der Waals surface area contributed by atoms with Crippen molar-refractivity contribution in [3.8, 4) is 12.1 Å². The highest BCUT2D eigenvalue weighted by Gasteiger charge is 2.31. The molecule has 0 fully saturated rings. The molecule has 0 heterocycles. The summed E-state index contributed by atoms with van der Waals surface area (Å²) in [5.74, 6) is 0. The third-order valence-electron chi connectivity index (χ3n) is 4.06. The van der Waals surface area contributed by atoms with Crippen molar-refractivity contribution in [1.82, 2.24) is 0 Å². The van der Waals surface area contributed by atoms with E-state index in [4.69, 9.17) is 0 Å². The molecule has 128 valence electrons. The second-order valence-electron chi connectivity index (χ2n) is 7.51. The highest BCUT2D eigenvalue weighted by atomic mass is 32.2. The fourth-order valence-electron chi connectivity index (χ4n) is 3.30. The number of nitriles is 2. The summed E-state index contributed by atoms with van der Waals surface area (Å²) in [4.78, 5) is 0.